The number of amides is 1. The predicted molar refractivity (Wildman–Crippen MR) is 54.6 cm³/mol. The molecule has 0 heterocycles. The van der Waals surface area contributed by atoms with Crippen molar-refractivity contribution >= 4 is 34.5 Å². The zero-order chi connectivity index (χ0) is 10.0. The van der Waals surface area contributed by atoms with Crippen LogP contribution in [0.1, 0.15) is 20.7 Å². The molecule has 1 aromatic carbocycles. The normalized spacial score (nSPS) is 9.62. The third-order valence-corrected chi connectivity index (χ3v) is 2.37. The average molecular weight is 291 g/mol. The highest BCUT2D eigenvalue weighted by Gasteiger charge is 2.09. The first-order chi connectivity index (χ1) is 6.02. The molecule has 3 N–H and O–H groups in total. The molecule has 1 rings (SSSR count). The van der Waals surface area contributed by atoms with E-state index in [9.17, 15) is 9.59 Å². The number of carbonyl (C=O) groups is 2. The first-order valence-electron chi connectivity index (χ1n) is 3.35. The second kappa shape index (κ2) is 3.73. The van der Waals surface area contributed by atoms with Gasteiger partial charge < -0.3 is 10.8 Å². The van der Waals surface area contributed by atoms with Crippen LogP contribution in [0.5, 0.6) is 0 Å². The minimum absolute atomic E-state index is 0.148. The Kier molecular flexibility index (Phi) is 2.86. The van der Waals surface area contributed by atoms with E-state index in [1.165, 1.54) is 18.2 Å². The molecule has 4 nitrogen and oxygen atoms in total. The maximum Gasteiger partial charge on any atom is 0.335 e. The van der Waals surface area contributed by atoms with Crippen molar-refractivity contribution in [3.05, 3.63) is 32.9 Å². The lowest BCUT2D eigenvalue weighted by atomic mass is 10.1. The molecule has 68 valence electrons. The first kappa shape index (κ1) is 9.97. The molecule has 0 saturated carbocycles. The van der Waals surface area contributed by atoms with Gasteiger partial charge in [0, 0.05) is 3.57 Å². The van der Waals surface area contributed by atoms with E-state index in [2.05, 4.69) is 0 Å². The lowest BCUT2D eigenvalue weighted by Crippen LogP contribution is -2.13. The minimum Gasteiger partial charge on any atom is -0.478 e. The van der Waals surface area contributed by atoms with Crippen molar-refractivity contribution in [3.8, 4) is 0 Å². The molecule has 5 heteroatoms. The van der Waals surface area contributed by atoms with Crippen LogP contribution in [0.15, 0.2) is 18.2 Å². The number of nitrogens with two attached hydrogens (primary N) is 1. The van der Waals surface area contributed by atoms with Gasteiger partial charge in [-0.3, -0.25) is 4.79 Å². The Balaban J connectivity index is 3.20. The molecular formula is C8H6INO3. The van der Waals surface area contributed by atoms with E-state index in [0.29, 0.717) is 9.13 Å². The van der Waals surface area contributed by atoms with Crippen LogP contribution in [-0.2, 0) is 0 Å². The van der Waals surface area contributed by atoms with Crippen molar-refractivity contribution in [2.75, 3.05) is 0 Å². The van der Waals surface area contributed by atoms with Crippen molar-refractivity contribution in [1.82, 2.24) is 0 Å². The van der Waals surface area contributed by atoms with Gasteiger partial charge in [-0.15, -0.1) is 0 Å². The molecule has 0 aliphatic rings. The second-order valence-electron chi connectivity index (χ2n) is 2.36. The van der Waals surface area contributed by atoms with E-state index >= 15 is 0 Å². The smallest absolute Gasteiger partial charge is 0.335 e. The number of hydrogen-bond acceptors (Lipinski definition) is 2. The van der Waals surface area contributed by atoms with Crippen molar-refractivity contribution < 1.29 is 14.7 Å². The maximum absolute atomic E-state index is 10.8. The summed E-state index contributed by atoms with van der Waals surface area (Å²) in [5.41, 5.74) is 5.54. The van der Waals surface area contributed by atoms with Crippen LogP contribution in [0, 0.1) is 3.57 Å². The monoisotopic (exact) mass is 291 g/mol. The number of hydrogen-bond donors (Lipinski definition) is 2. The molecule has 0 unspecified atom stereocenters. The summed E-state index contributed by atoms with van der Waals surface area (Å²) >= 11 is 1.87. The summed E-state index contributed by atoms with van der Waals surface area (Å²) in [6.07, 6.45) is 0. The predicted octanol–water partition coefficient (Wildman–Crippen LogP) is 1.09. The number of benzene rings is 1. The summed E-state index contributed by atoms with van der Waals surface area (Å²) in [4.78, 5) is 21.3. The summed E-state index contributed by atoms with van der Waals surface area (Å²) in [6, 6.07) is 4.17. The Morgan fingerprint density at radius 1 is 1.38 bits per heavy atom. The molecular weight excluding hydrogens is 285 g/mol. The van der Waals surface area contributed by atoms with Gasteiger partial charge >= 0.3 is 5.97 Å². The number of carboxylic acids is 1. The molecule has 1 amide bonds. The van der Waals surface area contributed by atoms with Gasteiger partial charge in [0.15, 0.2) is 0 Å². The topological polar surface area (TPSA) is 80.4 Å². The van der Waals surface area contributed by atoms with Crippen LogP contribution < -0.4 is 5.73 Å². The maximum atomic E-state index is 10.8. The van der Waals surface area contributed by atoms with Gasteiger partial charge in [0.25, 0.3) is 0 Å². The molecule has 1 aromatic rings. The molecule has 13 heavy (non-hydrogen) atoms. The number of carboxylic acid groups (broad SMARTS) is 1. The van der Waals surface area contributed by atoms with E-state index in [1.54, 1.807) is 0 Å². The van der Waals surface area contributed by atoms with Crippen LogP contribution in [-0.4, -0.2) is 17.0 Å². The van der Waals surface area contributed by atoms with Gasteiger partial charge in [-0.1, -0.05) is 0 Å². The van der Waals surface area contributed by atoms with E-state index in [1.807, 2.05) is 22.6 Å². The lowest BCUT2D eigenvalue weighted by Gasteiger charge is -2.00. The molecule has 0 bridgehead atoms. The minimum atomic E-state index is -1.02. The second-order valence-corrected chi connectivity index (χ2v) is 3.53. The zero-order valence-corrected chi connectivity index (χ0v) is 8.61. The van der Waals surface area contributed by atoms with Crippen molar-refractivity contribution in [2.24, 2.45) is 5.73 Å². The Morgan fingerprint density at radius 2 is 2.00 bits per heavy atom. The van der Waals surface area contributed by atoms with Crippen molar-refractivity contribution in [1.29, 1.82) is 0 Å². The summed E-state index contributed by atoms with van der Waals surface area (Å²) in [5.74, 6) is -1.57. The van der Waals surface area contributed by atoms with E-state index < -0.39 is 11.9 Å². The Hall–Kier alpha value is -1.11. The van der Waals surface area contributed by atoms with Crippen LogP contribution in [0.4, 0.5) is 0 Å². The van der Waals surface area contributed by atoms with Gasteiger partial charge in [0.1, 0.15) is 0 Å². The number of halogens is 1. The molecule has 0 aliphatic carbocycles. The third-order valence-electron chi connectivity index (χ3n) is 1.48. The Morgan fingerprint density at radius 3 is 2.38 bits per heavy atom. The number of carbonyl (C=O) groups excluding carboxylic acids is 1. The molecule has 0 fully saturated rings. The molecule has 0 radical (unpaired) electrons. The highest BCUT2D eigenvalue weighted by molar-refractivity contribution is 14.1. The zero-order valence-electron chi connectivity index (χ0n) is 6.45. The van der Waals surface area contributed by atoms with E-state index in [0.717, 1.165) is 0 Å². The molecule has 0 aromatic heterocycles. The molecule has 0 spiro atoms. The SMILES string of the molecule is NC(=O)c1ccc(C(=O)O)cc1I. The van der Waals surface area contributed by atoms with Gasteiger partial charge in [-0.25, -0.2) is 4.79 Å². The lowest BCUT2D eigenvalue weighted by molar-refractivity contribution is 0.0696. The fraction of sp³-hybridized carbons (Fsp3) is 0. The highest BCUT2D eigenvalue weighted by atomic mass is 127. The molecule has 0 atom stereocenters. The summed E-state index contributed by atoms with van der Waals surface area (Å²) in [7, 11) is 0. The van der Waals surface area contributed by atoms with Crippen LogP contribution in [0.2, 0.25) is 0 Å². The summed E-state index contributed by atoms with van der Waals surface area (Å²) < 4.78 is 0.546. The molecule has 0 aliphatic heterocycles. The van der Waals surface area contributed by atoms with E-state index in [-0.39, 0.29) is 5.56 Å². The quantitative estimate of drug-likeness (QED) is 0.800. The van der Waals surface area contributed by atoms with Gasteiger partial charge in [0.05, 0.1) is 11.1 Å². The first-order valence-corrected chi connectivity index (χ1v) is 4.43. The highest BCUT2D eigenvalue weighted by Crippen LogP contribution is 2.14. The van der Waals surface area contributed by atoms with Crippen molar-refractivity contribution in [3.63, 3.8) is 0 Å². The van der Waals surface area contributed by atoms with E-state index in [4.69, 9.17) is 10.8 Å². The van der Waals surface area contributed by atoms with Crippen molar-refractivity contribution in [2.45, 2.75) is 0 Å². The number of rotatable bonds is 2. The Bertz CT molecular complexity index is 376. The largest absolute Gasteiger partial charge is 0.478 e. The van der Waals surface area contributed by atoms with Gasteiger partial charge in [-0.2, -0.15) is 0 Å². The fourth-order valence-corrected chi connectivity index (χ4v) is 1.63. The van der Waals surface area contributed by atoms with Crippen LogP contribution in [0.3, 0.4) is 0 Å². The average Bonchev–Trinajstić information content (AvgIpc) is 2.03. The molecule has 0 saturated heterocycles. The van der Waals surface area contributed by atoms with Crippen LogP contribution >= 0.6 is 22.6 Å². The summed E-state index contributed by atoms with van der Waals surface area (Å²) in [5, 5.41) is 8.62. The van der Waals surface area contributed by atoms with Gasteiger partial charge in [-0.05, 0) is 40.8 Å². The standard InChI is InChI=1S/C8H6INO3/c9-6-3-4(8(12)13)1-2-5(6)7(10)11/h1-3H,(H2,10,11)(H,12,13). The number of aromatic carboxylic acids is 1. The van der Waals surface area contributed by atoms with Crippen LogP contribution in [0.25, 0.3) is 0 Å². The van der Waals surface area contributed by atoms with Gasteiger partial charge in [0.2, 0.25) is 5.91 Å². The number of primary amides is 1. The third kappa shape index (κ3) is 2.18. The fourth-order valence-electron chi connectivity index (χ4n) is 0.848. The Labute approximate surface area is 87.9 Å². The summed E-state index contributed by atoms with van der Waals surface area (Å²) in [6.45, 7) is 0.